The number of anilines is 2. The van der Waals surface area contributed by atoms with Crippen molar-refractivity contribution in [2.45, 2.75) is 26.3 Å². The topological polar surface area (TPSA) is 80.3 Å². The fourth-order valence-corrected chi connectivity index (χ4v) is 3.02. The second-order valence-electron chi connectivity index (χ2n) is 5.86. The maximum absolute atomic E-state index is 11.4. The van der Waals surface area contributed by atoms with E-state index in [2.05, 4.69) is 21.9 Å². The summed E-state index contributed by atoms with van der Waals surface area (Å²) in [6.07, 6.45) is 3.66. The van der Waals surface area contributed by atoms with Crippen LogP contribution in [0.4, 0.5) is 11.4 Å². The van der Waals surface area contributed by atoms with Crippen molar-refractivity contribution in [3.8, 4) is 5.88 Å². The molecule has 0 bridgehead atoms. The quantitative estimate of drug-likeness (QED) is 0.803. The largest absolute Gasteiger partial charge is 0.481 e. The van der Waals surface area contributed by atoms with E-state index in [1.807, 2.05) is 31.2 Å². The van der Waals surface area contributed by atoms with Gasteiger partial charge >= 0.3 is 0 Å². The monoisotopic (exact) mass is 349 g/mol. The molecule has 1 atom stereocenters. The zero-order chi connectivity index (χ0) is 17.7. The molecule has 0 radical (unpaired) electrons. The third-order valence-electron chi connectivity index (χ3n) is 3.50. The lowest BCUT2D eigenvalue weighted by atomic mass is 10.1. The molecule has 0 spiro atoms. The Balaban J connectivity index is 2.08. The van der Waals surface area contributed by atoms with E-state index < -0.39 is 10.0 Å². The van der Waals surface area contributed by atoms with Gasteiger partial charge in [0.05, 0.1) is 19.1 Å². The highest BCUT2D eigenvalue weighted by Crippen LogP contribution is 2.22. The van der Waals surface area contributed by atoms with Gasteiger partial charge in [-0.15, -0.1) is 0 Å². The molecule has 1 aromatic heterocycles. The Morgan fingerprint density at radius 1 is 1.25 bits per heavy atom. The number of sulfonamides is 1. The number of hydrogen-bond acceptors (Lipinski definition) is 5. The number of methoxy groups -OCH3 is 1. The number of pyridine rings is 1. The second-order valence-corrected chi connectivity index (χ2v) is 7.61. The smallest absolute Gasteiger partial charge is 0.229 e. The van der Waals surface area contributed by atoms with Gasteiger partial charge in [-0.3, -0.25) is 4.72 Å². The number of nitrogens with one attached hydrogen (secondary N) is 2. The van der Waals surface area contributed by atoms with Crippen molar-refractivity contribution < 1.29 is 13.2 Å². The normalized spacial score (nSPS) is 12.5. The van der Waals surface area contributed by atoms with Gasteiger partial charge in [0, 0.05) is 24.0 Å². The standard InChI is InChI=1S/C17H23N3O3S/c1-12-5-6-15(11-16(12)20-24(4,21)22)19-13(2)9-14-7-8-18-17(10-14)23-3/h5-8,10-11,13,19-20H,9H2,1-4H3/t13-/m1/s1. The molecular weight excluding hydrogens is 326 g/mol. The first-order chi connectivity index (χ1) is 11.3. The molecule has 6 nitrogen and oxygen atoms in total. The molecule has 1 heterocycles. The molecule has 24 heavy (non-hydrogen) atoms. The van der Waals surface area contributed by atoms with E-state index in [0.29, 0.717) is 11.6 Å². The maximum Gasteiger partial charge on any atom is 0.229 e. The Morgan fingerprint density at radius 2 is 2.00 bits per heavy atom. The molecule has 2 N–H and O–H groups in total. The zero-order valence-electron chi connectivity index (χ0n) is 14.3. The molecule has 0 amide bonds. The van der Waals surface area contributed by atoms with Crippen molar-refractivity contribution in [1.29, 1.82) is 0 Å². The average molecular weight is 349 g/mol. The van der Waals surface area contributed by atoms with Crippen molar-refractivity contribution >= 4 is 21.4 Å². The van der Waals surface area contributed by atoms with E-state index in [4.69, 9.17) is 4.74 Å². The fourth-order valence-electron chi connectivity index (χ4n) is 2.40. The van der Waals surface area contributed by atoms with Gasteiger partial charge in [0.1, 0.15) is 0 Å². The average Bonchev–Trinajstić information content (AvgIpc) is 2.49. The molecule has 1 aromatic carbocycles. The molecule has 0 saturated heterocycles. The summed E-state index contributed by atoms with van der Waals surface area (Å²) in [5, 5.41) is 3.39. The summed E-state index contributed by atoms with van der Waals surface area (Å²) in [7, 11) is -1.71. The van der Waals surface area contributed by atoms with Gasteiger partial charge in [0.15, 0.2) is 0 Å². The van der Waals surface area contributed by atoms with Crippen LogP contribution in [0.2, 0.25) is 0 Å². The van der Waals surface area contributed by atoms with Gasteiger partial charge < -0.3 is 10.1 Å². The molecular formula is C17H23N3O3S. The van der Waals surface area contributed by atoms with Crippen LogP contribution in [0.25, 0.3) is 0 Å². The van der Waals surface area contributed by atoms with Crippen molar-refractivity contribution in [3.05, 3.63) is 47.7 Å². The molecule has 2 aromatic rings. The minimum absolute atomic E-state index is 0.158. The highest BCUT2D eigenvalue weighted by Gasteiger charge is 2.09. The molecule has 7 heteroatoms. The Morgan fingerprint density at radius 3 is 2.67 bits per heavy atom. The summed E-state index contributed by atoms with van der Waals surface area (Å²) in [5.74, 6) is 0.592. The van der Waals surface area contributed by atoms with Crippen LogP contribution >= 0.6 is 0 Å². The van der Waals surface area contributed by atoms with Gasteiger partial charge in [0.2, 0.25) is 15.9 Å². The molecule has 0 fully saturated rings. The predicted octanol–water partition coefficient (Wildman–Crippen LogP) is 2.81. The van der Waals surface area contributed by atoms with E-state index in [1.54, 1.807) is 19.4 Å². The molecule has 0 unspecified atom stereocenters. The summed E-state index contributed by atoms with van der Waals surface area (Å²) < 4.78 is 30.5. The first-order valence-electron chi connectivity index (χ1n) is 7.61. The SMILES string of the molecule is COc1cc(C[C@@H](C)Nc2ccc(C)c(NS(C)(=O)=O)c2)ccn1. The van der Waals surface area contributed by atoms with Gasteiger partial charge in [-0.2, -0.15) is 0 Å². The van der Waals surface area contributed by atoms with Crippen LogP contribution in [0.5, 0.6) is 5.88 Å². The Labute approximate surface area is 143 Å². The van der Waals surface area contributed by atoms with Crippen molar-refractivity contribution in [1.82, 2.24) is 4.98 Å². The van der Waals surface area contributed by atoms with Gasteiger partial charge in [-0.25, -0.2) is 13.4 Å². The second kappa shape index (κ2) is 7.53. The lowest BCUT2D eigenvalue weighted by Crippen LogP contribution is -2.18. The molecule has 0 aliphatic carbocycles. The van der Waals surface area contributed by atoms with Crippen LogP contribution in [0.3, 0.4) is 0 Å². The lowest BCUT2D eigenvalue weighted by molar-refractivity contribution is 0.397. The highest BCUT2D eigenvalue weighted by atomic mass is 32.2. The summed E-state index contributed by atoms with van der Waals surface area (Å²) in [4.78, 5) is 4.10. The Hall–Kier alpha value is -2.28. The summed E-state index contributed by atoms with van der Waals surface area (Å²) in [5.41, 5.74) is 3.43. The summed E-state index contributed by atoms with van der Waals surface area (Å²) >= 11 is 0. The minimum Gasteiger partial charge on any atom is -0.481 e. The molecule has 0 aliphatic rings. The summed E-state index contributed by atoms with van der Waals surface area (Å²) in [6.45, 7) is 3.93. The first kappa shape index (κ1) is 18.1. The number of rotatable bonds is 7. The number of nitrogens with zero attached hydrogens (tertiary/aromatic N) is 1. The number of aromatic nitrogens is 1. The summed E-state index contributed by atoms with van der Waals surface area (Å²) in [6, 6.07) is 9.65. The van der Waals surface area contributed by atoms with Crippen LogP contribution in [0.1, 0.15) is 18.1 Å². The van der Waals surface area contributed by atoms with Crippen LogP contribution < -0.4 is 14.8 Å². The Kier molecular flexibility index (Phi) is 5.66. The van der Waals surface area contributed by atoms with E-state index in [0.717, 1.165) is 29.5 Å². The van der Waals surface area contributed by atoms with E-state index >= 15 is 0 Å². The van der Waals surface area contributed by atoms with Crippen LogP contribution in [0, 0.1) is 6.92 Å². The van der Waals surface area contributed by atoms with Gasteiger partial charge in [-0.05, 0) is 49.6 Å². The van der Waals surface area contributed by atoms with Gasteiger partial charge in [-0.1, -0.05) is 6.07 Å². The van der Waals surface area contributed by atoms with E-state index in [1.165, 1.54) is 0 Å². The maximum atomic E-state index is 11.4. The minimum atomic E-state index is -3.30. The zero-order valence-corrected chi connectivity index (χ0v) is 15.1. The lowest BCUT2D eigenvalue weighted by Gasteiger charge is -2.17. The molecule has 0 saturated carbocycles. The number of benzene rings is 1. The highest BCUT2D eigenvalue weighted by molar-refractivity contribution is 7.92. The third-order valence-corrected chi connectivity index (χ3v) is 4.09. The third kappa shape index (κ3) is 5.42. The van der Waals surface area contributed by atoms with E-state index in [-0.39, 0.29) is 6.04 Å². The van der Waals surface area contributed by atoms with Crippen molar-refractivity contribution in [3.63, 3.8) is 0 Å². The number of ether oxygens (including phenoxy) is 1. The van der Waals surface area contributed by atoms with E-state index in [9.17, 15) is 8.42 Å². The fraction of sp³-hybridized carbons (Fsp3) is 0.353. The predicted molar refractivity (Wildman–Crippen MR) is 97.2 cm³/mol. The van der Waals surface area contributed by atoms with Crippen molar-refractivity contribution in [2.24, 2.45) is 0 Å². The molecule has 0 aliphatic heterocycles. The Bertz CT molecular complexity index is 806. The molecule has 130 valence electrons. The van der Waals surface area contributed by atoms with Crippen LogP contribution in [0.15, 0.2) is 36.5 Å². The van der Waals surface area contributed by atoms with Crippen molar-refractivity contribution in [2.75, 3.05) is 23.4 Å². The number of aryl methyl sites for hydroxylation is 1. The molecule has 2 rings (SSSR count). The van der Waals surface area contributed by atoms with Crippen LogP contribution in [-0.2, 0) is 16.4 Å². The van der Waals surface area contributed by atoms with Gasteiger partial charge in [0.25, 0.3) is 0 Å². The first-order valence-corrected chi connectivity index (χ1v) is 9.50. The van der Waals surface area contributed by atoms with Crippen LogP contribution in [-0.4, -0.2) is 32.8 Å². The number of hydrogen-bond donors (Lipinski definition) is 2.